The fourth-order valence-electron chi connectivity index (χ4n) is 5.74. The first kappa shape index (κ1) is 48.3. The molecule has 50 heavy (non-hydrogen) atoms. The highest BCUT2D eigenvalue weighted by atomic mass is 31.2. The van der Waals surface area contributed by atoms with E-state index in [9.17, 15) is 14.2 Å². The minimum Gasteiger partial charge on any atom is -0.462 e. The third-order valence-electron chi connectivity index (χ3n) is 8.78. The lowest BCUT2D eigenvalue weighted by molar-refractivity contribution is -0.161. The average Bonchev–Trinajstić information content (AvgIpc) is 3.08. The van der Waals surface area contributed by atoms with Gasteiger partial charge in [0.1, 0.15) is 6.61 Å². The summed E-state index contributed by atoms with van der Waals surface area (Å²) < 4.78 is 26.4. The van der Waals surface area contributed by atoms with Gasteiger partial charge < -0.3 is 19.3 Å². The van der Waals surface area contributed by atoms with Gasteiger partial charge in [-0.3, -0.25) is 14.1 Å². The van der Waals surface area contributed by atoms with E-state index in [1.54, 1.807) is 0 Å². The third kappa shape index (κ3) is 39.1. The fourth-order valence-corrected chi connectivity index (χ4v) is 6.10. The minimum absolute atomic E-state index is 0.209. The van der Waals surface area contributed by atoms with E-state index >= 15 is 0 Å². The first-order valence-corrected chi connectivity index (χ1v) is 21.8. The molecule has 0 saturated heterocycles. The minimum atomic E-state index is -4.75. The Labute approximate surface area is 306 Å². The van der Waals surface area contributed by atoms with Gasteiger partial charge in [-0.05, 0) is 57.8 Å². The lowest BCUT2D eigenvalue weighted by Gasteiger charge is -2.18. The number of rotatable bonds is 38. The van der Waals surface area contributed by atoms with E-state index in [1.807, 2.05) is 6.08 Å². The number of hydrogen-bond acceptors (Lipinski definition) is 6. The van der Waals surface area contributed by atoms with Crippen molar-refractivity contribution in [2.45, 2.75) is 199 Å². The van der Waals surface area contributed by atoms with Crippen LogP contribution in [-0.2, 0) is 28.2 Å². The number of phosphoric ester groups is 1. The molecule has 0 aliphatic heterocycles. The second kappa shape index (κ2) is 37.0. The number of esters is 2. The highest BCUT2D eigenvalue weighted by molar-refractivity contribution is 7.46. The average molecular weight is 727 g/mol. The molecule has 9 heteroatoms. The molecular weight excluding hydrogens is 651 g/mol. The largest absolute Gasteiger partial charge is 0.469 e. The monoisotopic (exact) mass is 727 g/mol. The van der Waals surface area contributed by atoms with Gasteiger partial charge in [0.25, 0.3) is 0 Å². The first-order chi connectivity index (χ1) is 24.3. The Morgan fingerprint density at radius 1 is 0.580 bits per heavy atom. The highest BCUT2D eigenvalue weighted by Crippen LogP contribution is 2.36. The van der Waals surface area contributed by atoms with E-state index in [0.29, 0.717) is 12.8 Å². The Kier molecular flexibility index (Phi) is 35.8. The highest BCUT2D eigenvalue weighted by Gasteiger charge is 2.22. The van der Waals surface area contributed by atoms with Crippen molar-refractivity contribution in [2.75, 3.05) is 13.2 Å². The summed E-state index contributed by atoms with van der Waals surface area (Å²) in [5.74, 6) is -0.893. The fraction of sp³-hybridized carbons (Fsp3) is 0.805. The van der Waals surface area contributed by atoms with Crippen molar-refractivity contribution in [3.05, 3.63) is 37.0 Å². The van der Waals surface area contributed by atoms with Crippen LogP contribution in [0.25, 0.3) is 0 Å². The molecule has 1 atom stereocenters. The lowest BCUT2D eigenvalue weighted by atomic mass is 10.0. The van der Waals surface area contributed by atoms with Crippen molar-refractivity contribution < 1.29 is 37.9 Å². The summed E-state index contributed by atoms with van der Waals surface area (Å²) in [7, 11) is -4.75. The summed E-state index contributed by atoms with van der Waals surface area (Å²) >= 11 is 0. The molecule has 0 fully saturated rings. The van der Waals surface area contributed by atoms with Crippen molar-refractivity contribution in [1.82, 2.24) is 0 Å². The second-order valence-corrected chi connectivity index (χ2v) is 14.9. The van der Waals surface area contributed by atoms with Crippen LogP contribution in [0, 0.1) is 0 Å². The maximum absolute atomic E-state index is 12.4. The van der Waals surface area contributed by atoms with Gasteiger partial charge >= 0.3 is 19.8 Å². The molecule has 2 N–H and O–H groups in total. The Hall–Kier alpha value is -1.73. The molecular formula is C41H75O8P. The number of allylic oxidation sites excluding steroid dienone is 5. The molecule has 0 rings (SSSR count). The number of ether oxygens (including phenoxy) is 2. The van der Waals surface area contributed by atoms with Gasteiger partial charge in [-0.15, -0.1) is 6.58 Å². The normalized spacial score (nSPS) is 12.5. The summed E-state index contributed by atoms with van der Waals surface area (Å²) in [6, 6.07) is 0. The maximum atomic E-state index is 12.4. The Balaban J connectivity index is 3.92. The topological polar surface area (TPSA) is 119 Å². The third-order valence-corrected chi connectivity index (χ3v) is 9.26. The molecule has 0 aromatic heterocycles. The van der Waals surface area contributed by atoms with Crippen LogP contribution in [0.1, 0.15) is 193 Å². The van der Waals surface area contributed by atoms with Crippen LogP contribution < -0.4 is 0 Å². The molecule has 0 unspecified atom stereocenters. The van der Waals surface area contributed by atoms with Crippen molar-refractivity contribution >= 4 is 19.8 Å². The molecule has 0 aromatic rings. The van der Waals surface area contributed by atoms with Crippen molar-refractivity contribution in [3.8, 4) is 0 Å². The molecule has 0 amide bonds. The summed E-state index contributed by atoms with van der Waals surface area (Å²) in [6.45, 7) is 5.17. The van der Waals surface area contributed by atoms with Crippen molar-refractivity contribution in [3.63, 3.8) is 0 Å². The summed E-state index contributed by atoms with van der Waals surface area (Å²) in [5, 5.41) is 0. The van der Waals surface area contributed by atoms with Crippen LogP contribution in [0.2, 0.25) is 0 Å². The summed E-state index contributed by atoms with van der Waals surface area (Å²) in [5.41, 5.74) is 0. The number of carbonyl (C=O) groups is 2. The molecule has 8 nitrogen and oxygen atoms in total. The number of phosphoric acid groups is 1. The van der Waals surface area contributed by atoms with E-state index < -0.39 is 32.5 Å². The van der Waals surface area contributed by atoms with Gasteiger partial charge in [0.05, 0.1) is 6.61 Å². The van der Waals surface area contributed by atoms with Gasteiger partial charge in [-0.1, -0.05) is 153 Å². The SMILES string of the molecule is C=CCCCCCCCCCCCCCCCC(=O)O[C@H](COC(=O)CCCCCCCCC/C=C/C/C=C/CCCCC)COP(=O)(O)O. The lowest BCUT2D eigenvalue weighted by Crippen LogP contribution is -2.29. The van der Waals surface area contributed by atoms with E-state index in [1.165, 1.54) is 103 Å². The van der Waals surface area contributed by atoms with E-state index in [-0.39, 0.29) is 19.4 Å². The van der Waals surface area contributed by atoms with E-state index in [4.69, 9.17) is 19.3 Å². The molecule has 0 aliphatic rings. The molecule has 0 spiro atoms. The standard InChI is InChI=1S/C41H75O8P/c1-3-5-7-9-11-13-15-17-19-20-22-23-25-27-29-31-33-35-40(42)47-37-39(38-48-50(44,45)46)49-41(43)36-34-32-30-28-26-24-21-18-16-14-12-10-8-6-4-2/h4,11,13,17,19,39H,2-3,5-10,12,14-16,18,20-38H2,1H3,(H2,44,45,46)/b13-11+,19-17+/t39-/m1/s1. The van der Waals surface area contributed by atoms with E-state index in [2.05, 4.69) is 42.3 Å². The van der Waals surface area contributed by atoms with Crippen LogP contribution in [0.3, 0.4) is 0 Å². The summed E-state index contributed by atoms with van der Waals surface area (Å²) in [4.78, 5) is 42.8. The molecule has 0 heterocycles. The van der Waals surface area contributed by atoms with Gasteiger partial charge in [0.15, 0.2) is 6.10 Å². The van der Waals surface area contributed by atoms with Crippen LogP contribution in [0.5, 0.6) is 0 Å². The van der Waals surface area contributed by atoms with Crippen LogP contribution in [-0.4, -0.2) is 41.0 Å². The smallest absolute Gasteiger partial charge is 0.462 e. The van der Waals surface area contributed by atoms with Crippen molar-refractivity contribution in [2.24, 2.45) is 0 Å². The van der Waals surface area contributed by atoms with Crippen molar-refractivity contribution in [1.29, 1.82) is 0 Å². The quantitative estimate of drug-likeness (QED) is 0.0279. The molecule has 0 radical (unpaired) electrons. The predicted octanol–water partition coefficient (Wildman–Crippen LogP) is 12.2. The second-order valence-electron chi connectivity index (χ2n) is 13.7. The summed E-state index contributed by atoms with van der Waals surface area (Å²) in [6.07, 6.45) is 41.8. The van der Waals surface area contributed by atoms with Crippen LogP contribution >= 0.6 is 7.82 Å². The molecule has 292 valence electrons. The Morgan fingerprint density at radius 3 is 1.46 bits per heavy atom. The van der Waals surface area contributed by atoms with Crippen LogP contribution in [0.15, 0.2) is 37.0 Å². The molecule has 0 saturated carbocycles. The van der Waals surface area contributed by atoms with Gasteiger partial charge in [-0.25, -0.2) is 4.57 Å². The van der Waals surface area contributed by atoms with Crippen LogP contribution in [0.4, 0.5) is 0 Å². The number of hydrogen-bond donors (Lipinski definition) is 2. The predicted molar refractivity (Wildman–Crippen MR) is 207 cm³/mol. The van der Waals surface area contributed by atoms with E-state index in [0.717, 1.165) is 57.8 Å². The zero-order valence-corrected chi connectivity index (χ0v) is 32.8. The first-order valence-electron chi connectivity index (χ1n) is 20.2. The van der Waals surface area contributed by atoms with Gasteiger partial charge in [0, 0.05) is 12.8 Å². The molecule has 0 bridgehead atoms. The van der Waals surface area contributed by atoms with Gasteiger partial charge in [-0.2, -0.15) is 0 Å². The number of carbonyl (C=O) groups excluding carboxylic acids is 2. The zero-order valence-electron chi connectivity index (χ0n) is 31.9. The zero-order chi connectivity index (χ0) is 36.8. The Bertz CT molecular complexity index is 897. The van der Waals surface area contributed by atoms with Gasteiger partial charge in [0.2, 0.25) is 0 Å². The Morgan fingerprint density at radius 2 is 1.00 bits per heavy atom. The molecule has 0 aromatic carbocycles. The molecule has 0 aliphatic carbocycles. The maximum Gasteiger partial charge on any atom is 0.469 e. The number of unbranched alkanes of at least 4 members (excludes halogenated alkanes) is 23.